The molecule has 0 aliphatic carbocycles. The van der Waals surface area contributed by atoms with Gasteiger partial charge in [-0.15, -0.1) is 0 Å². The molecule has 1 aliphatic rings. The van der Waals surface area contributed by atoms with Gasteiger partial charge in [0.1, 0.15) is 0 Å². The molecule has 86 valence electrons. The molecule has 1 nitrogen and oxygen atoms in total. The van der Waals surface area contributed by atoms with E-state index in [0.717, 1.165) is 11.8 Å². The average molecular weight is 199 g/mol. The van der Waals surface area contributed by atoms with E-state index >= 15 is 0 Å². The molecule has 0 amide bonds. The van der Waals surface area contributed by atoms with Gasteiger partial charge in [0.25, 0.3) is 0 Å². The van der Waals surface area contributed by atoms with Crippen LogP contribution in [0.5, 0.6) is 0 Å². The number of piperidine rings is 1. The van der Waals surface area contributed by atoms with Crippen LogP contribution in [0.2, 0.25) is 0 Å². The lowest BCUT2D eigenvalue weighted by Gasteiger charge is -2.29. The fourth-order valence-corrected chi connectivity index (χ4v) is 2.46. The van der Waals surface area contributed by atoms with Crippen LogP contribution >= 0.6 is 0 Å². The molecule has 0 bridgehead atoms. The lowest BCUT2D eigenvalue weighted by molar-refractivity contribution is 0.239. The number of nitrogens with one attached hydrogen (secondary N) is 1. The summed E-state index contributed by atoms with van der Waals surface area (Å²) < 4.78 is 0. The normalized spacial score (nSPS) is 19.7. The first kappa shape index (κ1) is 14.0. The van der Waals surface area contributed by atoms with Gasteiger partial charge in [-0.1, -0.05) is 47.0 Å². The second-order valence-electron chi connectivity index (χ2n) is 4.04. The van der Waals surface area contributed by atoms with Gasteiger partial charge in [-0.05, 0) is 37.8 Å². The standard InChI is InChI=1S/C11H23N.C2H6/c1-3-5-10(4-2)11-6-8-12-9-7-11;1-2/h10-12H,3-9H2,1-2H3;1-2H3. The van der Waals surface area contributed by atoms with E-state index in [4.69, 9.17) is 0 Å². The summed E-state index contributed by atoms with van der Waals surface area (Å²) in [5, 5.41) is 3.44. The Balaban J connectivity index is 0.000000791. The fourth-order valence-electron chi connectivity index (χ4n) is 2.46. The molecule has 0 aromatic rings. The number of hydrogen-bond donors (Lipinski definition) is 1. The SMILES string of the molecule is CC.CCCC(CC)C1CCNCC1. The summed E-state index contributed by atoms with van der Waals surface area (Å²) in [5.74, 6) is 2.04. The van der Waals surface area contributed by atoms with Crippen LogP contribution in [0.1, 0.15) is 59.8 Å². The molecule has 1 N–H and O–H groups in total. The van der Waals surface area contributed by atoms with Crippen molar-refractivity contribution in [1.82, 2.24) is 5.32 Å². The summed E-state index contributed by atoms with van der Waals surface area (Å²) in [6, 6.07) is 0. The van der Waals surface area contributed by atoms with Crippen molar-refractivity contribution >= 4 is 0 Å². The second-order valence-corrected chi connectivity index (χ2v) is 4.04. The minimum atomic E-state index is 1.01. The van der Waals surface area contributed by atoms with E-state index in [0.29, 0.717) is 0 Å². The molecule has 1 heteroatoms. The van der Waals surface area contributed by atoms with E-state index in [2.05, 4.69) is 19.2 Å². The van der Waals surface area contributed by atoms with Gasteiger partial charge in [0.2, 0.25) is 0 Å². The Morgan fingerprint density at radius 3 is 2.14 bits per heavy atom. The third-order valence-corrected chi connectivity index (χ3v) is 3.23. The van der Waals surface area contributed by atoms with Gasteiger partial charge in [0.05, 0.1) is 0 Å². The number of hydrogen-bond acceptors (Lipinski definition) is 1. The van der Waals surface area contributed by atoms with Crippen molar-refractivity contribution < 1.29 is 0 Å². The maximum absolute atomic E-state index is 3.44. The highest BCUT2D eigenvalue weighted by Gasteiger charge is 2.20. The molecule has 1 aliphatic heterocycles. The molecular weight excluding hydrogens is 170 g/mol. The van der Waals surface area contributed by atoms with E-state index in [1.807, 2.05) is 13.8 Å². The van der Waals surface area contributed by atoms with Gasteiger partial charge in [-0.3, -0.25) is 0 Å². The maximum atomic E-state index is 3.44. The summed E-state index contributed by atoms with van der Waals surface area (Å²) in [6.45, 7) is 11.2. The van der Waals surface area contributed by atoms with Crippen LogP contribution in [0.3, 0.4) is 0 Å². The average Bonchev–Trinajstić information content (AvgIpc) is 2.30. The molecule has 0 aromatic heterocycles. The minimum absolute atomic E-state index is 1.01. The van der Waals surface area contributed by atoms with Crippen molar-refractivity contribution in [2.24, 2.45) is 11.8 Å². The zero-order chi connectivity index (χ0) is 10.8. The smallest absolute Gasteiger partial charge is 0.00462 e. The minimum Gasteiger partial charge on any atom is -0.317 e. The Morgan fingerprint density at radius 1 is 1.14 bits per heavy atom. The van der Waals surface area contributed by atoms with Gasteiger partial charge in [0.15, 0.2) is 0 Å². The van der Waals surface area contributed by atoms with Crippen molar-refractivity contribution in [3.8, 4) is 0 Å². The lowest BCUT2D eigenvalue weighted by Crippen LogP contribution is -2.31. The quantitative estimate of drug-likeness (QED) is 0.725. The van der Waals surface area contributed by atoms with Crippen LogP contribution in [0.15, 0.2) is 0 Å². The molecule has 1 rings (SSSR count). The molecule has 1 heterocycles. The summed E-state index contributed by atoms with van der Waals surface area (Å²) in [6.07, 6.45) is 7.03. The Labute approximate surface area is 90.7 Å². The Hall–Kier alpha value is -0.0400. The molecule has 14 heavy (non-hydrogen) atoms. The van der Waals surface area contributed by atoms with Crippen molar-refractivity contribution in [2.75, 3.05) is 13.1 Å². The van der Waals surface area contributed by atoms with Gasteiger partial charge < -0.3 is 5.32 Å². The topological polar surface area (TPSA) is 12.0 Å². The van der Waals surface area contributed by atoms with Crippen LogP contribution in [-0.2, 0) is 0 Å². The highest BCUT2D eigenvalue weighted by molar-refractivity contribution is 4.74. The first-order chi connectivity index (χ1) is 6.88. The van der Waals surface area contributed by atoms with Gasteiger partial charge in [-0.2, -0.15) is 0 Å². The van der Waals surface area contributed by atoms with Crippen LogP contribution in [0, 0.1) is 11.8 Å². The molecule has 1 saturated heterocycles. The van der Waals surface area contributed by atoms with Crippen molar-refractivity contribution in [3.63, 3.8) is 0 Å². The third-order valence-electron chi connectivity index (χ3n) is 3.23. The first-order valence-corrected chi connectivity index (χ1v) is 6.59. The van der Waals surface area contributed by atoms with E-state index in [1.165, 1.54) is 45.2 Å². The molecular formula is C13H29N. The molecule has 0 aromatic carbocycles. The molecule has 1 unspecified atom stereocenters. The van der Waals surface area contributed by atoms with Crippen molar-refractivity contribution in [2.45, 2.75) is 59.8 Å². The Morgan fingerprint density at radius 2 is 1.71 bits per heavy atom. The van der Waals surface area contributed by atoms with Gasteiger partial charge >= 0.3 is 0 Å². The maximum Gasteiger partial charge on any atom is -0.00462 e. The Bertz CT molecular complexity index is 103. The first-order valence-electron chi connectivity index (χ1n) is 6.59. The van der Waals surface area contributed by atoms with Crippen LogP contribution < -0.4 is 5.32 Å². The highest BCUT2D eigenvalue weighted by Crippen LogP contribution is 2.28. The predicted octanol–water partition coefficient (Wildman–Crippen LogP) is 3.84. The molecule has 0 radical (unpaired) electrons. The number of rotatable bonds is 4. The third kappa shape index (κ3) is 4.99. The molecule has 0 saturated carbocycles. The van der Waals surface area contributed by atoms with E-state index in [1.54, 1.807) is 0 Å². The van der Waals surface area contributed by atoms with Crippen LogP contribution in [-0.4, -0.2) is 13.1 Å². The summed E-state index contributed by atoms with van der Waals surface area (Å²) >= 11 is 0. The predicted molar refractivity (Wildman–Crippen MR) is 65.6 cm³/mol. The summed E-state index contributed by atoms with van der Waals surface area (Å²) in [4.78, 5) is 0. The van der Waals surface area contributed by atoms with E-state index in [9.17, 15) is 0 Å². The summed E-state index contributed by atoms with van der Waals surface area (Å²) in [5.41, 5.74) is 0. The molecule has 1 fully saturated rings. The molecule has 0 spiro atoms. The van der Waals surface area contributed by atoms with Crippen molar-refractivity contribution in [1.29, 1.82) is 0 Å². The highest BCUT2D eigenvalue weighted by atomic mass is 14.9. The van der Waals surface area contributed by atoms with Gasteiger partial charge in [-0.25, -0.2) is 0 Å². The fraction of sp³-hybridized carbons (Fsp3) is 1.00. The largest absolute Gasteiger partial charge is 0.317 e. The van der Waals surface area contributed by atoms with Crippen molar-refractivity contribution in [3.05, 3.63) is 0 Å². The summed E-state index contributed by atoms with van der Waals surface area (Å²) in [7, 11) is 0. The molecule has 1 atom stereocenters. The van der Waals surface area contributed by atoms with Gasteiger partial charge in [0, 0.05) is 0 Å². The van der Waals surface area contributed by atoms with Crippen LogP contribution in [0.4, 0.5) is 0 Å². The van der Waals surface area contributed by atoms with Crippen LogP contribution in [0.25, 0.3) is 0 Å². The van der Waals surface area contributed by atoms with E-state index < -0.39 is 0 Å². The Kier molecular flexibility index (Phi) is 9.49. The zero-order valence-electron chi connectivity index (χ0n) is 10.6. The monoisotopic (exact) mass is 199 g/mol. The van der Waals surface area contributed by atoms with E-state index in [-0.39, 0.29) is 0 Å². The second kappa shape index (κ2) is 9.51. The lowest BCUT2D eigenvalue weighted by atomic mass is 9.81. The zero-order valence-corrected chi connectivity index (χ0v) is 10.6.